The summed E-state index contributed by atoms with van der Waals surface area (Å²) in [5.41, 5.74) is 2.89. The fourth-order valence-corrected chi connectivity index (χ4v) is 2.65. The van der Waals surface area contributed by atoms with Crippen molar-refractivity contribution in [3.8, 4) is 5.75 Å². The quantitative estimate of drug-likeness (QED) is 0.757. The van der Waals surface area contributed by atoms with Gasteiger partial charge in [-0.2, -0.15) is 0 Å². The van der Waals surface area contributed by atoms with Crippen molar-refractivity contribution >= 4 is 17.4 Å². The third kappa shape index (κ3) is 3.37. The zero-order chi connectivity index (χ0) is 16.9. The van der Waals surface area contributed by atoms with Gasteiger partial charge in [0.25, 0.3) is 0 Å². The minimum atomic E-state index is -0.0973. The van der Waals surface area contributed by atoms with E-state index in [1.54, 1.807) is 18.3 Å². The molecule has 24 heavy (non-hydrogen) atoms. The highest BCUT2D eigenvalue weighted by Crippen LogP contribution is 2.21. The van der Waals surface area contributed by atoms with Crippen LogP contribution in [0.5, 0.6) is 5.75 Å². The van der Waals surface area contributed by atoms with Crippen LogP contribution in [0.2, 0.25) is 0 Å². The Balaban J connectivity index is 1.68. The zero-order valence-electron chi connectivity index (χ0n) is 13.8. The molecule has 0 aliphatic heterocycles. The Morgan fingerprint density at radius 3 is 3.00 bits per heavy atom. The molecule has 1 amide bonds. The minimum absolute atomic E-state index is 0.0973. The highest BCUT2D eigenvalue weighted by atomic mass is 16.5. The lowest BCUT2D eigenvalue weighted by molar-refractivity contribution is -0.116. The number of ether oxygens (including phenoxy) is 1. The molecule has 0 aliphatic rings. The number of nitrogens with one attached hydrogen (secondary N) is 1. The number of rotatable bonds is 6. The van der Waals surface area contributed by atoms with Crippen molar-refractivity contribution in [2.24, 2.45) is 0 Å². The molecule has 0 atom stereocenters. The van der Waals surface area contributed by atoms with Crippen LogP contribution in [-0.2, 0) is 11.2 Å². The first-order chi connectivity index (χ1) is 11.7. The molecule has 0 unspecified atom stereocenters. The number of fused-ring (bicyclic) bond motifs is 1. The molecule has 0 bridgehead atoms. The Hall–Kier alpha value is -2.89. The molecular weight excluding hydrogens is 304 g/mol. The highest BCUT2D eigenvalue weighted by Gasteiger charge is 2.12. The molecule has 3 rings (SSSR count). The Morgan fingerprint density at radius 1 is 1.29 bits per heavy atom. The monoisotopic (exact) mass is 324 g/mol. The predicted octanol–water partition coefficient (Wildman–Crippen LogP) is 3.01. The summed E-state index contributed by atoms with van der Waals surface area (Å²) in [6, 6.07) is 9.44. The van der Waals surface area contributed by atoms with Gasteiger partial charge in [0.2, 0.25) is 5.91 Å². The second-order valence-electron chi connectivity index (χ2n) is 5.40. The smallest absolute Gasteiger partial charge is 0.226 e. The number of nitrogens with zero attached hydrogens (tertiary/aromatic N) is 3. The summed E-state index contributed by atoms with van der Waals surface area (Å²) < 4.78 is 7.50. The molecule has 6 heteroatoms. The number of imidazole rings is 1. The number of amides is 1. The minimum Gasteiger partial charge on any atom is -0.490 e. The van der Waals surface area contributed by atoms with Crippen molar-refractivity contribution in [3.63, 3.8) is 0 Å². The van der Waals surface area contributed by atoms with Crippen LogP contribution < -0.4 is 10.1 Å². The molecule has 6 nitrogen and oxygen atoms in total. The van der Waals surface area contributed by atoms with Crippen LogP contribution in [0.15, 0.2) is 42.7 Å². The molecule has 124 valence electrons. The van der Waals surface area contributed by atoms with Gasteiger partial charge in [0.15, 0.2) is 11.6 Å². The van der Waals surface area contributed by atoms with Gasteiger partial charge in [0, 0.05) is 24.5 Å². The van der Waals surface area contributed by atoms with E-state index in [-0.39, 0.29) is 5.91 Å². The zero-order valence-corrected chi connectivity index (χ0v) is 13.8. The topological polar surface area (TPSA) is 68.5 Å². The van der Waals surface area contributed by atoms with E-state index in [4.69, 9.17) is 4.74 Å². The molecule has 1 N–H and O–H groups in total. The molecular formula is C18H20N4O2. The van der Waals surface area contributed by atoms with Gasteiger partial charge in [0.1, 0.15) is 5.65 Å². The number of hydrogen-bond donors (Lipinski definition) is 1. The van der Waals surface area contributed by atoms with Gasteiger partial charge in [-0.25, -0.2) is 9.97 Å². The van der Waals surface area contributed by atoms with Gasteiger partial charge in [-0.1, -0.05) is 6.07 Å². The lowest BCUT2D eigenvalue weighted by Gasteiger charge is -2.10. The summed E-state index contributed by atoms with van der Waals surface area (Å²) >= 11 is 0. The molecule has 3 aromatic heterocycles. The lowest BCUT2D eigenvalue weighted by Crippen LogP contribution is -2.15. The van der Waals surface area contributed by atoms with Gasteiger partial charge in [-0.05, 0) is 44.5 Å². The maximum Gasteiger partial charge on any atom is 0.226 e. The summed E-state index contributed by atoms with van der Waals surface area (Å²) in [5, 5.41) is 2.82. The van der Waals surface area contributed by atoms with E-state index in [0.717, 1.165) is 17.0 Å². The third-order valence-corrected chi connectivity index (χ3v) is 3.75. The molecule has 0 aromatic carbocycles. The van der Waals surface area contributed by atoms with Gasteiger partial charge >= 0.3 is 0 Å². The molecule has 0 radical (unpaired) electrons. The van der Waals surface area contributed by atoms with Crippen LogP contribution in [0.1, 0.15) is 24.7 Å². The van der Waals surface area contributed by atoms with E-state index < -0.39 is 0 Å². The van der Waals surface area contributed by atoms with Crippen molar-refractivity contribution in [1.29, 1.82) is 0 Å². The van der Waals surface area contributed by atoms with Gasteiger partial charge in [-0.3, -0.25) is 4.79 Å². The summed E-state index contributed by atoms with van der Waals surface area (Å²) in [5.74, 6) is 0.943. The predicted molar refractivity (Wildman–Crippen MR) is 92.3 cm³/mol. The van der Waals surface area contributed by atoms with E-state index >= 15 is 0 Å². The van der Waals surface area contributed by atoms with Gasteiger partial charge < -0.3 is 14.5 Å². The molecule has 3 aromatic rings. The molecule has 0 fully saturated rings. The number of pyridine rings is 2. The number of carbonyl (C=O) groups excluding carboxylic acids is 1. The Kier molecular flexibility index (Phi) is 4.74. The van der Waals surface area contributed by atoms with Crippen LogP contribution in [-0.4, -0.2) is 26.9 Å². The van der Waals surface area contributed by atoms with Crippen LogP contribution in [0, 0.1) is 6.92 Å². The molecule has 3 heterocycles. The molecule has 0 saturated carbocycles. The maximum absolute atomic E-state index is 12.3. The summed E-state index contributed by atoms with van der Waals surface area (Å²) in [4.78, 5) is 21.0. The van der Waals surface area contributed by atoms with E-state index in [1.165, 1.54) is 0 Å². The average molecular weight is 324 g/mol. The Morgan fingerprint density at radius 2 is 2.17 bits per heavy atom. The van der Waals surface area contributed by atoms with Gasteiger partial charge in [0.05, 0.1) is 12.3 Å². The third-order valence-electron chi connectivity index (χ3n) is 3.75. The van der Waals surface area contributed by atoms with Crippen LogP contribution in [0.25, 0.3) is 5.65 Å². The molecule has 0 saturated heterocycles. The number of aryl methyl sites for hydroxylation is 2. The second kappa shape index (κ2) is 7.12. The first kappa shape index (κ1) is 16.0. The first-order valence-corrected chi connectivity index (χ1v) is 7.99. The van der Waals surface area contributed by atoms with Crippen molar-refractivity contribution in [1.82, 2.24) is 14.4 Å². The summed E-state index contributed by atoms with van der Waals surface area (Å²) in [6.45, 7) is 4.38. The maximum atomic E-state index is 12.3. The van der Waals surface area contributed by atoms with Crippen LogP contribution in [0.3, 0.4) is 0 Å². The SMILES string of the molecule is CCOc1cccnc1NC(=O)CCc1c(C)nc2ccccn12. The fraction of sp³-hybridized carbons (Fsp3) is 0.278. The van der Waals surface area contributed by atoms with E-state index in [9.17, 15) is 4.79 Å². The number of aromatic nitrogens is 3. The van der Waals surface area contributed by atoms with Crippen molar-refractivity contribution < 1.29 is 9.53 Å². The van der Waals surface area contributed by atoms with Crippen molar-refractivity contribution in [2.45, 2.75) is 26.7 Å². The summed E-state index contributed by atoms with van der Waals surface area (Å²) in [6.07, 6.45) is 4.56. The summed E-state index contributed by atoms with van der Waals surface area (Å²) in [7, 11) is 0. The number of anilines is 1. The van der Waals surface area contributed by atoms with E-state index in [1.807, 2.05) is 42.6 Å². The Bertz CT molecular complexity index is 857. The van der Waals surface area contributed by atoms with Crippen molar-refractivity contribution in [2.75, 3.05) is 11.9 Å². The first-order valence-electron chi connectivity index (χ1n) is 7.99. The normalized spacial score (nSPS) is 10.8. The van der Waals surface area contributed by atoms with Gasteiger partial charge in [-0.15, -0.1) is 0 Å². The largest absolute Gasteiger partial charge is 0.490 e. The van der Waals surface area contributed by atoms with Crippen molar-refractivity contribution in [3.05, 3.63) is 54.1 Å². The number of carbonyl (C=O) groups is 1. The van der Waals surface area contributed by atoms with Crippen LogP contribution >= 0.6 is 0 Å². The van der Waals surface area contributed by atoms with Crippen LogP contribution in [0.4, 0.5) is 5.82 Å². The molecule has 0 spiro atoms. The second-order valence-corrected chi connectivity index (χ2v) is 5.40. The van der Waals surface area contributed by atoms with E-state index in [2.05, 4.69) is 15.3 Å². The number of hydrogen-bond acceptors (Lipinski definition) is 4. The standard InChI is InChI=1S/C18H20N4O2/c1-3-24-15-7-6-11-19-18(15)21-17(23)10-9-14-13(2)20-16-8-4-5-12-22(14)16/h4-8,11-12H,3,9-10H2,1-2H3,(H,19,21,23). The average Bonchev–Trinajstić information content (AvgIpc) is 2.90. The molecule has 0 aliphatic carbocycles. The Labute approximate surface area is 140 Å². The lowest BCUT2D eigenvalue weighted by atomic mass is 10.2. The fourth-order valence-electron chi connectivity index (χ4n) is 2.65. The highest BCUT2D eigenvalue weighted by molar-refractivity contribution is 5.91. The van der Waals surface area contributed by atoms with E-state index in [0.29, 0.717) is 31.0 Å².